The molecule has 0 radical (unpaired) electrons. The third-order valence-corrected chi connectivity index (χ3v) is 4.22. The summed E-state index contributed by atoms with van der Waals surface area (Å²) in [6, 6.07) is 16.8. The van der Waals surface area contributed by atoms with Crippen molar-refractivity contribution in [2.75, 3.05) is 27.1 Å². The van der Waals surface area contributed by atoms with Crippen molar-refractivity contribution in [2.24, 2.45) is 0 Å². The Bertz CT molecular complexity index is 1030. The zero-order valence-electron chi connectivity index (χ0n) is 15.3. The molecule has 1 heterocycles. The van der Waals surface area contributed by atoms with Crippen LogP contribution in [0.2, 0.25) is 0 Å². The smallest absolute Gasteiger partial charge is 0.142 e. The van der Waals surface area contributed by atoms with Gasteiger partial charge in [0.25, 0.3) is 0 Å². The lowest BCUT2D eigenvalue weighted by molar-refractivity contribution is 0.404. The van der Waals surface area contributed by atoms with E-state index >= 15 is 0 Å². The van der Waals surface area contributed by atoms with Crippen LogP contribution in [0, 0.1) is 11.3 Å². The monoisotopic (exact) mass is 361 g/mol. The molecule has 0 atom stereocenters. The molecule has 3 aromatic rings. The molecule has 6 heteroatoms. The van der Waals surface area contributed by atoms with Crippen LogP contribution in [0.5, 0.6) is 17.2 Å². The van der Waals surface area contributed by atoms with Gasteiger partial charge in [-0.3, -0.25) is 0 Å². The van der Waals surface area contributed by atoms with Gasteiger partial charge in [-0.1, -0.05) is 12.1 Å². The topological polar surface area (TPSA) is 90.4 Å². The highest BCUT2D eigenvalue weighted by Gasteiger charge is 2.17. The van der Waals surface area contributed by atoms with Gasteiger partial charge in [-0.05, 0) is 36.4 Å². The maximum absolute atomic E-state index is 9.63. The van der Waals surface area contributed by atoms with Crippen molar-refractivity contribution < 1.29 is 14.2 Å². The lowest BCUT2D eigenvalue weighted by atomic mass is 9.97. The van der Waals surface area contributed by atoms with E-state index in [-0.39, 0.29) is 11.4 Å². The first-order valence-electron chi connectivity index (χ1n) is 8.18. The summed E-state index contributed by atoms with van der Waals surface area (Å²) >= 11 is 0. The average Bonchev–Trinajstić information content (AvgIpc) is 2.72. The van der Waals surface area contributed by atoms with Crippen molar-refractivity contribution in [1.82, 2.24) is 4.98 Å². The molecule has 0 saturated carbocycles. The highest BCUT2D eigenvalue weighted by atomic mass is 16.5. The number of benzene rings is 2. The maximum atomic E-state index is 9.63. The van der Waals surface area contributed by atoms with E-state index in [0.29, 0.717) is 34.1 Å². The van der Waals surface area contributed by atoms with Crippen molar-refractivity contribution in [3.8, 4) is 45.7 Å². The molecule has 0 bridgehead atoms. The third-order valence-electron chi connectivity index (χ3n) is 4.22. The maximum Gasteiger partial charge on any atom is 0.142 e. The second-order valence-corrected chi connectivity index (χ2v) is 5.73. The molecule has 0 unspecified atom stereocenters. The number of nitrogens with two attached hydrogens (primary N) is 1. The van der Waals surface area contributed by atoms with E-state index in [1.165, 1.54) is 0 Å². The Morgan fingerprint density at radius 3 is 2.30 bits per heavy atom. The van der Waals surface area contributed by atoms with Gasteiger partial charge in [0.05, 0.1) is 27.0 Å². The molecule has 0 spiro atoms. The van der Waals surface area contributed by atoms with Crippen LogP contribution in [0.25, 0.3) is 22.4 Å². The van der Waals surface area contributed by atoms with Crippen molar-refractivity contribution in [3.63, 3.8) is 0 Å². The van der Waals surface area contributed by atoms with Crippen molar-refractivity contribution in [3.05, 3.63) is 54.1 Å². The van der Waals surface area contributed by atoms with Crippen molar-refractivity contribution >= 4 is 5.82 Å². The molecule has 0 saturated heterocycles. The molecule has 136 valence electrons. The highest BCUT2D eigenvalue weighted by molar-refractivity contribution is 5.83. The zero-order valence-corrected chi connectivity index (χ0v) is 15.3. The molecular weight excluding hydrogens is 342 g/mol. The molecule has 1 aromatic heterocycles. The van der Waals surface area contributed by atoms with Gasteiger partial charge in [0, 0.05) is 16.7 Å². The van der Waals surface area contributed by atoms with Crippen LogP contribution in [0.1, 0.15) is 5.56 Å². The second kappa shape index (κ2) is 7.67. The summed E-state index contributed by atoms with van der Waals surface area (Å²) in [4.78, 5) is 4.40. The summed E-state index contributed by atoms with van der Waals surface area (Å²) in [6.45, 7) is 0. The number of hydrogen-bond donors (Lipinski definition) is 1. The number of nitrogens with zero attached hydrogens (tertiary/aromatic N) is 2. The van der Waals surface area contributed by atoms with Gasteiger partial charge in [0.2, 0.25) is 0 Å². The fourth-order valence-corrected chi connectivity index (χ4v) is 2.85. The molecule has 0 aliphatic heterocycles. The van der Waals surface area contributed by atoms with E-state index in [1.54, 1.807) is 33.5 Å². The number of anilines is 1. The normalized spacial score (nSPS) is 10.1. The molecule has 6 nitrogen and oxygen atoms in total. The van der Waals surface area contributed by atoms with Crippen LogP contribution < -0.4 is 19.9 Å². The van der Waals surface area contributed by atoms with E-state index in [9.17, 15) is 5.26 Å². The summed E-state index contributed by atoms with van der Waals surface area (Å²) in [5.41, 5.74) is 9.17. The number of ether oxygens (including phenoxy) is 3. The zero-order chi connectivity index (χ0) is 19.4. The molecule has 3 rings (SSSR count). The number of aromatic nitrogens is 1. The first-order valence-corrected chi connectivity index (χ1v) is 8.18. The SMILES string of the molecule is COc1cccc(-c2cc(-c3cc(OC)ccc3OC)c(C#N)c(N)n2)c1. The number of rotatable bonds is 5. The van der Waals surface area contributed by atoms with Gasteiger partial charge >= 0.3 is 0 Å². The minimum atomic E-state index is 0.151. The Kier molecular flexibility index (Phi) is 5.13. The van der Waals surface area contributed by atoms with Crippen LogP contribution in [0.15, 0.2) is 48.5 Å². The fraction of sp³-hybridized carbons (Fsp3) is 0.143. The summed E-state index contributed by atoms with van der Waals surface area (Å²) in [5, 5.41) is 9.63. The van der Waals surface area contributed by atoms with Crippen LogP contribution in [0.3, 0.4) is 0 Å². The van der Waals surface area contributed by atoms with Crippen molar-refractivity contribution in [2.45, 2.75) is 0 Å². The molecule has 0 aliphatic carbocycles. The standard InChI is InChI=1S/C21H19N3O3/c1-25-14-6-4-5-13(9-14)19-11-16(18(12-22)21(23)24-19)17-10-15(26-2)7-8-20(17)27-3/h4-11H,1-3H3,(H2,23,24). The summed E-state index contributed by atoms with van der Waals surface area (Å²) in [6.07, 6.45) is 0. The van der Waals surface area contributed by atoms with Gasteiger partial charge in [-0.15, -0.1) is 0 Å². The molecular formula is C21H19N3O3. The second-order valence-electron chi connectivity index (χ2n) is 5.73. The largest absolute Gasteiger partial charge is 0.497 e. The number of pyridine rings is 1. The van der Waals surface area contributed by atoms with E-state index in [1.807, 2.05) is 36.4 Å². The molecule has 0 fully saturated rings. The Morgan fingerprint density at radius 2 is 1.63 bits per heavy atom. The predicted octanol–water partition coefficient (Wildman–Crippen LogP) is 3.90. The van der Waals surface area contributed by atoms with Crippen LogP contribution in [-0.2, 0) is 0 Å². The van der Waals surface area contributed by atoms with Crippen LogP contribution in [-0.4, -0.2) is 26.3 Å². The Balaban J connectivity index is 2.27. The molecule has 0 amide bonds. The van der Waals surface area contributed by atoms with Gasteiger partial charge in [0.1, 0.15) is 34.7 Å². The fourth-order valence-electron chi connectivity index (χ4n) is 2.85. The van der Waals surface area contributed by atoms with E-state index in [4.69, 9.17) is 19.9 Å². The Morgan fingerprint density at radius 1 is 0.889 bits per heavy atom. The van der Waals surface area contributed by atoms with Crippen molar-refractivity contribution in [1.29, 1.82) is 5.26 Å². The minimum Gasteiger partial charge on any atom is -0.497 e. The third kappa shape index (κ3) is 3.48. The van der Waals surface area contributed by atoms with Crippen LogP contribution in [0.4, 0.5) is 5.82 Å². The number of methoxy groups -OCH3 is 3. The minimum absolute atomic E-state index is 0.151. The van der Waals surface area contributed by atoms with E-state index in [2.05, 4.69) is 11.1 Å². The van der Waals surface area contributed by atoms with E-state index in [0.717, 1.165) is 5.56 Å². The summed E-state index contributed by atoms with van der Waals surface area (Å²) in [5.74, 6) is 2.11. The van der Waals surface area contributed by atoms with Crippen LogP contribution >= 0.6 is 0 Å². The van der Waals surface area contributed by atoms with E-state index < -0.39 is 0 Å². The quantitative estimate of drug-likeness (QED) is 0.741. The summed E-state index contributed by atoms with van der Waals surface area (Å²) < 4.78 is 16.1. The molecule has 2 N–H and O–H groups in total. The van der Waals surface area contributed by atoms with Gasteiger partial charge in [0.15, 0.2) is 0 Å². The first kappa shape index (κ1) is 18.1. The molecule has 0 aliphatic rings. The van der Waals surface area contributed by atoms with Gasteiger partial charge in [-0.2, -0.15) is 5.26 Å². The van der Waals surface area contributed by atoms with Gasteiger partial charge < -0.3 is 19.9 Å². The predicted molar refractivity (Wildman–Crippen MR) is 104 cm³/mol. The molecule has 27 heavy (non-hydrogen) atoms. The highest BCUT2D eigenvalue weighted by Crippen LogP contribution is 2.38. The van der Waals surface area contributed by atoms with Gasteiger partial charge in [-0.25, -0.2) is 4.98 Å². The lowest BCUT2D eigenvalue weighted by Crippen LogP contribution is -2.01. The number of hydrogen-bond acceptors (Lipinski definition) is 6. The average molecular weight is 361 g/mol. The number of nitriles is 1. The molecule has 2 aromatic carbocycles. The Labute approximate surface area is 157 Å². The Hall–Kier alpha value is -3.72. The first-order chi connectivity index (χ1) is 13.1. The summed E-state index contributed by atoms with van der Waals surface area (Å²) in [7, 11) is 4.76. The number of nitrogen functional groups attached to an aromatic ring is 1. The lowest BCUT2D eigenvalue weighted by Gasteiger charge is -2.14.